The van der Waals surface area contributed by atoms with Crippen LogP contribution in [0.4, 0.5) is 14.5 Å². The molecule has 1 aromatic rings. The predicted molar refractivity (Wildman–Crippen MR) is 50.5 cm³/mol. The highest BCUT2D eigenvalue weighted by Gasteiger charge is 2.24. The molecule has 0 aliphatic heterocycles. The van der Waals surface area contributed by atoms with E-state index in [4.69, 9.17) is 0 Å². The molecule has 0 radical (unpaired) electrons. The minimum Gasteiger partial charge on any atom is -0.258 e. The number of benzene rings is 1. The topological polar surface area (TPSA) is 43.1 Å². The van der Waals surface area contributed by atoms with E-state index < -0.39 is 22.6 Å². The average molecular weight is 266 g/mol. The van der Waals surface area contributed by atoms with Gasteiger partial charge in [0.2, 0.25) is 0 Å². The molecule has 76 valence electrons. The SMILES string of the molecule is Cc1c(Br)ccc([N+](=O)[O-])c1C(F)F. The standard InChI is InChI=1S/C8H6BrF2NO2/c1-4-5(9)2-3-6(12(13)14)7(4)8(10)11/h2-3,8H,1H3. The molecule has 1 rings (SSSR count). The first-order valence-electron chi connectivity index (χ1n) is 3.66. The van der Waals surface area contributed by atoms with Crippen LogP contribution in [0.25, 0.3) is 0 Å². The number of hydrogen-bond acceptors (Lipinski definition) is 2. The van der Waals surface area contributed by atoms with Crippen molar-refractivity contribution in [1.29, 1.82) is 0 Å². The number of halogens is 3. The number of rotatable bonds is 2. The zero-order valence-corrected chi connectivity index (χ0v) is 8.72. The maximum atomic E-state index is 12.5. The van der Waals surface area contributed by atoms with Gasteiger partial charge in [-0.15, -0.1) is 0 Å². The molecule has 0 fully saturated rings. The van der Waals surface area contributed by atoms with Crippen LogP contribution >= 0.6 is 15.9 Å². The van der Waals surface area contributed by atoms with E-state index in [0.29, 0.717) is 4.47 Å². The third-order valence-corrected chi connectivity index (χ3v) is 2.70. The van der Waals surface area contributed by atoms with Crippen LogP contribution in [0.5, 0.6) is 0 Å². The van der Waals surface area contributed by atoms with E-state index in [1.165, 1.54) is 13.0 Å². The van der Waals surface area contributed by atoms with Gasteiger partial charge in [0.25, 0.3) is 12.1 Å². The minimum atomic E-state index is -2.84. The summed E-state index contributed by atoms with van der Waals surface area (Å²) in [5.74, 6) is 0. The van der Waals surface area contributed by atoms with Crippen LogP contribution in [0.3, 0.4) is 0 Å². The van der Waals surface area contributed by atoms with Crippen LogP contribution in [-0.2, 0) is 0 Å². The number of nitro benzene ring substituents is 1. The Morgan fingerprint density at radius 2 is 2.07 bits per heavy atom. The largest absolute Gasteiger partial charge is 0.278 e. The van der Waals surface area contributed by atoms with Gasteiger partial charge >= 0.3 is 0 Å². The number of nitrogens with zero attached hydrogens (tertiary/aromatic N) is 1. The van der Waals surface area contributed by atoms with Crippen LogP contribution in [0.1, 0.15) is 17.6 Å². The molecule has 3 nitrogen and oxygen atoms in total. The first kappa shape index (κ1) is 11.0. The second-order valence-corrected chi connectivity index (χ2v) is 3.52. The molecule has 0 saturated carbocycles. The average Bonchev–Trinajstić information content (AvgIpc) is 2.08. The van der Waals surface area contributed by atoms with Crippen molar-refractivity contribution >= 4 is 21.6 Å². The summed E-state index contributed by atoms with van der Waals surface area (Å²) < 4.78 is 25.4. The first-order chi connectivity index (χ1) is 6.45. The Kier molecular flexibility index (Phi) is 3.15. The number of hydrogen-bond donors (Lipinski definition) is 0. The third-order valence-electron chi connectivity index (χ3n) is 1.84. The molecule has 0 unspecified atom stereocenters. The fraction of sp³-hybridized carbons (Fsp3) is 0.250. The van der Waals surface area contributed by atoms with E-state index in [0.717, 1.165) is 6.07 Å². The van der Waals surface area contributed by atoms with Gasteiger partial charge in [0, 0.05) is 10.5 Å². The lowest BCUT2D eigenvalue weighted by atomic mass is 10.1. The molecule has 0 bridgehead atoms. The lowest BCUT2D eigenvalue weighted by Gasteiger charge is -2.06. The van der Waals surface area contributed by atoms with Gasteiger partial charge in [0.1, 0.15) is 0 Å². The van der Waals surface area contributed by atoms with Gasteiger partial charge in [0.05, 0.1) is 10.5 Å². The van der Waals surface area contributed by atoms with Gasteiger partial charge in [-0.25, -0.2) is 8.78 Å². The summed E-state index contributed by atoms with van der Waals surface area (Å²) in [6, 6.07) is 2.46. The van der Waals surface area contributed by atoms with Crippen molar-refractivity contribution in [3.05, 3.63) is 37.8 Å². The molecule has 0 aromatic heterocycles. The Bertz CT molecular complexity index is 382. The van der Waals surface area contributed by atoms with Crippen molar-refractivity contribution < 1.29 is 13.7 Å². The highest BCUT2D eigenvalue weighted by atomic mass is 79.9. The number of alkyl halides is 2. The van der Waals surface area contributed by atoms with Crippen molar-refractivity contribution in [2.45, 2.75) is 13.3 Å². The van der Waals surface area contributed by atoms with Gasteiger partial charge in [0.15, 0.2) is 0 Å². The Labute approximate surface area is 87.0 Å². The predicted octanol–water partition coefficient (Wildman–Crippen LogP) is 3.60. The summed E-state index contributed by atoms with van der Waals surface area (Å²) in [6.07, 6.45) is -2.84. The summed E-state index contributed by atoms with van der Waals surface area (Å²) in [7, 11) is 0. The molecule has 0 aliphatic rings. The van der Waals surface area contributed by atoms with Crippen LogP contribution < -0.4 is 0 Å². The molecule has 14 heavy (non-hydrogen) atoms. The maximum Gasteiger partial charge on any atom is 0.278 e. The molecule has 0 atom stereocenters. The molecule has 0 heterocycles. The van der Waals surface area contributed by atoms with Crippen molar-refractivity contribution in [2.24, 2.45) is 0 Å². The lowest BCUT2D eigenvalue weighted by molar-refractivity contribution is -0.386. The van der Waals surface area contributed by atoms with E-state index in [-0.39, 0.29) is 5.56 Å². The van der Waals surface area contributed by atoms with E-state index >= 15 is 0 Å². The normalized spacial score (nSPS) is 10.6. The van der Waals surface area contributed by atoms with Gasteiger partial charge in [-0.05, 0) is 18.6 Å². The molecule has 0 aliphatic carbocycles. The smallest absolute Gasteiger partial charge is 0.258 e. The second kappa shape index (κ2) is 4.00. The fourth-order valence-electron chi connectivity index (χ4n) is 1.12. The summed E-state index contributed by atoms with van der Waals surface area (Å²) >= 11 is 3.04. The van der Waals surface area contributed by atoms with Gasteiger partial charge in [-0.1, -0.05) is 15.9 Å². The van der Waals surface area contributed by atoms with Crippen molar-refractivity contribution in [3.63, 3.8) is 0 Å². The Hall–Kier alpha value is -1.04. The van der Waals surface area contributed by atoms with Crippen molar-refractivity contribution in [3.8, 4) is 0 Å². The summed E-state index contributed by atoms with van der Waals surface area (Å²) in [5.41, 5.74) is -0.862. The monoisotopic (exact) mass is 265 g/mol. The molecule has 6 heteroatoms. The molecular weight excluding hydrogens is 260 g/mol. The molecule has 0 N–H and O–H groups in total. The molecule has 1 aromatic carbocycles. The number of nitro groups is 1. The fourth-order valence-corrected chi connectivity index (χ4v) is 1.47. The minimum absolute atomic E-state index is 0.203. The molecular formula is C8H6BrF2NO2. The zero-order chi connectivity index (χ0) is 10.9. The van der Waals surface area contributed by atoms with Crippen LogP contribution in [0, 0.1) is 17.0 Å². The van der Waals surface area contributed by atoms with Gasteiger partial charge in [-0.3, -0.25) is 10.1 Å². The van der Waals surface area contributed by atoms with Crippen molar-refractivity contribution in [2.75, 3.05) is 0 Å². The van der Waals surface area contributed by atoms with E-state index in [9.17, 15) is 18.9 Å². The van der Waals surface area contributed by atoms with Crippen LogP contribution in [-0.4, -0.2) is 4.92 Å². The molecule has 0 spiro atoms. The second-order valence-electron chi connectivity index (χ2n) is 2.66. The Morgan fingerprint density at radius 1 is 1.50 bits per heavy atom. The summed E-state index contributed by atoms with van der Waals surface area (Å²) in [4.78, 5) is 9.64. The Morgan fingerprint density at radius 3 is 2.50 bits per heavy atom. The third kappa shape index (κ3) is 1.89. The zero-order valence-electron chi connectivity index (χ0n) is 7.13. The summed E-state index contributed by atoms with van der Waals surface area (Å²) in [5, 5.41) is 10.4. The lowest BCUT2D eigenvalue weighted by Crippen LogP contribution is -1.99. The van der Waals surface area contributed by atoms with E-state index in [1.54, 1.807) is 0 Å². The van der Waals surface area contributed by atoms with Crippen LogP contribution in [0.2, 0.25) is 0 Å². The van der Waals surface area contributed by atoms with E-state index in [2.05, 4.69) is 15.9 Å². The van der Waals surface area contributed by atoms with E-state index in [1.807, 2.05) is 0 Å². The Balaban J connectivity index is 3.45. The first-order valence-corrected chi connectivity index (χ1v) is 4.46. The van der Waals surface area contributed by atoms with Crippen LogP contribution in [0.15, 0.2) is 16.6 Å². The van der Waals surface area contributed by atoms with Gasteiger partial charge in [-0.2, -0.15) is 0 Å². The highest BCUT2D eigenvalue weighted by Crippen LogP contribution is 2.35. The van der Waals surface area contributed by atoms with Crippen molar-refractivity contribution in [1.82, 2.24) is 0 Å². The molecule has 0 saturated heterocycles. The highest BCUT2D eigenvalue weighted by molar-refractivity contribution is 9.10. The quantitative estimate of drug-likeness (QED) is 0.606. The summed E-state index contributed by atoms with van der Waals surface area (Å²) in [6.45, 7) is 1.42. The van der Waals surface area contributed by atoms with Gasteiger partial charge < -0.3 is 0 Å². The maximum absolute atomic E-state index is 12.5. The molecule has 0 amide bonds.